The van der Waals surface area contributed by atoms with Crippen LogP contribution in [0, 0.1) is 13.8 Å². The van der Waals surface area contributed by atoms with Gasteiger partial charge in [0.25, 0.3) is 0 Å². The molecule has 4 aromatic carbocycles. The second-order valence-electron chi connectivity index (χ2n) is 9.64. The first-order chi connectivity index (χ1) is 16.2. The van der Waals surface area contributed by atoms with E-state index in [9.17, 15) is 0 Å². The molecule has 6 aromatic rings. The zero-order valence-electron chi connectivity index (χ0n) is 18.7. The second kappa shape index (κ2) is 5.90. The summed E-state index contributed by atoms with van der Waals surface area (Å²) in [6, 6.07) is 27.2. The number of fused-ring (bicyclic) bond motifs is 13. The van der Waals surface area contributed by atoms with E-state index in [0.29, 0.717) is 0 Å². The number of hydrogen-bond donors (Lipinski definition) is 0. The normalized spacial score (nSPS) is 13.5. The van der Waals surface area contributed by atoms with Gasteiger partial charge in [-0.15, -0.1) is 0 Å². The summed E-state index contributed by atoms with van der Waals surface area (Å²) in [5.74, 6) is 0. The predicted octanol–water partition coefficient (Wildman–Crippen LogP) is 7.40. The molecular weight excluding hydrogens is 400 g/mol. The van der Waals surface area contributed by atoms with Crippen molar-refractivity contribution in [2.45, 2.75) is 26.7 Å². The fraction of sp³-hybridized carbons (Fsp3) is 0.129. The van der Waals surface area contributed by atoms with E-state index in [0.717, 1.165) is 24.2 Å². The van der Waals surface area contributed by atoms with E-state index < -0.39 is 0 Å². The average molecular weight is 423 g/mol. The van der Waals surface area contributed by atoms with Crippen molar-refractivity contribution in [1.82, 2.24) is 9.38 Å². The van der Waals surface area contributed by atoms with Crippen LogP contribution in [0.4, 0.5) is 0 Å². The fourth-order valence-corrected chi connectivity index (χ4v) is 6.35. The van der Waals surface area contributed by atoms with Crippen molar-refractivity contribution in [3.8, 4) is 22.3 Å². The van der Waals surface area contributed by atoms with Crippen molar-refractivity contribution in [2.75, 3.05) is 0 Å². The topological polar surface area (TPSA) is 17.3 Å². The number of pyridine rings is 1. The summed E-state index contributed by atoms with van der Waals surface area (Å²) in [6.45, 7) is 4.31. The van der Waals surface area contributed by atoms with E-state index in [-0.39, 0.29) is 0 Å². The van der Waals surface area contributed by atoms with Gasteiger partial charge in [-0.1, -0.05) is 60.7 Å². The van der Waals surface area contributed by atoms with E-state index >= 15 is 0 Å². The molecule has 2 heteroatoms. The highest BCUT2D eigenvalue weighted by molar-refractivity contribution is 6.13. The molecule has 0 saturated heterocycles. The quantitative estimate of drug-likeness (QED) is 0.233. The molecule has 156 valence electrons. The minimum atomic E-state index is 1.01. The maximum atomic E-state index is 4.96. The molecule has 2 aliphatic rings. The third-order valence-corrected chi connectivity index (χ3v) is 8.03. The lowest BCUT2D eigenvalue weighted by atomic mass is 9.96. The van der Waals surface area contributed by atoms with Crippen LogP contribution < -0.4 is 0 Å². The molecule has 0 aliphatic heterocycles. The molecule has 0 bridgehead atoms. The van der Waals surface area contributed by atoms with Gasteiger partial charge >= 0.3 is 0 Å². The lowest BCUT2D eigenvalue weighted by molar-refractivity contribution is 1.13. The minimum Gasteiger partial charge on any atom is -0.296 e. The molecule has 8 rings (SSSR count). The van der Waals surface area contributed by atoms with Crippen molar-refractivity contribution in [3.05, 3.63) is 106 Å². The molecule has 0 saturated carbocycles. The van der Waals surface area contributed by atoms with E-state index in [1.54, 1.807) is 0 Å². The Bertz CT molecular complexity index is 1830. The number of hydrogen-bond acceptors (Lipinski definition) is 1. The zero-order valence-corrected chi connectivity index (χ0v) is 18.7. The molecule has 0 N–H and O–H groups in total. The highest BCUT2D eigenvalue weighted by atomic mass is 15.0. The number of rotatable bonds is 0. The smallest absolute Gasteiger partial charge is 0.145 e. The zero-order chi connectivity index (χ0) is 21.8. The SMILES string of the molecule is Cc1nc2c3ccccc3c3cc4c(cc3n2c1C)Cc1c-4ccc2c1Cc1ccccc1-2. The van der Waals surface area contributed by atoms with Gasteiger partial charge in [-0.2, -0.15) is 0 Å². The number of imidazole rings is 1. The van der Waals surface area contributed by atoms with E-state index in [1.807, 2.05) is 0 Å². The molecule has 0 spiro atoms. The molecular formula is C31H22N2. The van der Waals surface area contributed by atoms with Crippen LogP contribution in [0.15, 0.2) is 72.8 Å². The Labute approximate surface area is 192 Å². The Hall–Kier alpha value is -3.91. The van der Waals surface area contributed by atoms with Gasteiger partial charge in [-0.05, 0) is 88.7 Å². The molecule has 2 nitrogen and oxygen atoms in total. The predicted molar refractivity (Wildman–Crippen MR) is 136 cm³/mol. The van der Waals surface area contributed by atoms with Gasteiger partial charge in [0.2, 0.25) is 0 Å². The van der Waals surface area contributed by atoms with Crippen LogP contribution in [0.1, 0.15) is 33.6 Å². The fourth-order valence-electron chi connectivity index (χ4n) is 6.35. The molecule has 0 atom stereocenters. The lowest BCUT2D eigenvalue weighted by Crippen LogP contribution is -1.95. The van der Waals surface area contributed by atoms with Crippen molar-refractivity contribution in [2.24, 2.45) is 0 Å². The van der Waals surface area contributed by atoms with Crippen LogP contribution in [-0.2, 0) is 12.8 Å². The first kappa shape index (κ1) is 17.6. The standard InChI is InChI=1S/C31H22N2/c1-17-18(2)33-30-15-20-14-28-24(12-11-23-21-8-4-3-7-19(21)13-27(23)28)26(20)16-29(30)22-9-5-6-10-25(22)31(33)32-17/h3-12,15-16H,13-14H2,1-2H3. The Morgan fingerprint density at radius 1 is 0.636 bits per heavy atom. The second-order valence-corrected chi connectivity index (χ2v) is 9.64. The highest BCUT2D eigenvalue weighted by Gasteiger charge is 2.28. The molecule has 2 heterocycles. The van der Waals surface area contributed by atoms with Crippen LogP contribution >= 0.6 is 0 Å². The number of aromatic nitrogens is 2. The molecule has 0 amide bonds. The first-order valence-corrected chi connectivity index (χ1v) is 11.8. The summed E-state index contributed by atoms with van der Waals surface area (Å²) >= 11 is 0. The van der Waals surface area contributed by atoms with Crippen LogP contribution in [0.3, 0.4) is 0 Å². The van der Waals surface area contributed by atoms with Crippen molar-refractivity contribution < 1.29 is 0 Å². The Kier molecular flexibility index (Phi) is 3.15. The molecule has 0 fully saturated rings. The Morgan fingerprint density at radius 2 is 1.33 bits per heavy atom. The monoisotopic (exact) mass is 422 g/mol. The van der Waals surface area contributed by atoms with E-state index in [2.05, 4.69) is 91.0 Å². The van der Waals surface area contributed by atoms with E-state index in [4.69, 9.17) is 4.98 Å². The minimum absolute atomic E-state index is 1.01. The third-order valence-electron chi connectivity index (χ3n) is 8.03. The van der Waals surface area contributed by atoms with Crippen molar-refractivity contribution >= 4 is 27.3 Å². The van der Waals surface area contributed by atoms with Crippen LogP contribution in [0.2, 0.25) is 0 Å². The van der Waals surface area contributed by atoms with Gasteiger partial charge < -0.3 is 0 Å². The average Bonchev–Trinajstić information content (AvgIpc) is 3.49. The summed E-state index contributed by atoms with van der Waals surface area (Å²) in [6.07, 6.45) is 2.06. The number of benzene rings is 4. The Balaban J connectivity index is 1.45. The van der Waals surface area contributed by atoms with E-state index in [1.165, 1.54) is 71.9 Å². The molecule has 2 aliphatic carbocycles. The molecule has 0 radical (unpaired) electrons. The molecule has 2 aromatic heterocycles. The first-order valence-electron chi connectivity index (χ1n) is 11.8. The number of nitrogens with zero attached hydrogens (tertiary/aromatic N) is 2. The third kappa shape index (κ3) is 2.11. The summed E-state index contributed by atoms with van der Waals surface area (Å²) in [4.78, 5) is 4.96. The Morgan fingerprint density at radius 3 is 2.18 bits per heavy atom. The number of aryl methyl sites for hydroxylation is 2. The lowest BCUT2D eigenvalue weighted by Gasteiger charge is -2.12. The molecule has 0 unspecified atom stereocenters. The van der Waals surface area contributed by atoms with Crippen LogP contribution in [0.5, 0.6) is 0 Å². The van der Waals surface area contributed by atoms with Gasteiger partial charge in [0.1, 0.15) is 5.65 Å². The van der Waals surface area contributed by atoms with Gasteiger partial charge in [-0.25, -0.2) is 4.98 Å². The molecule has 33 heavy (non-hydrogen) atoms. The summed E-state index contributed by atoms with van der Waals surface area (Å²) in [7, 11) is 0. The van der Waals surface area contributed by atoms with Crippen molar-refractivity contribution in [3.63, 3.8) is 0 Å². The summed E-state index contributed by atoms with van der Waals surface area (Å²) in [5.41, 5.74) is 16.3. The largest absolute Gasteiger partial charge is 0.296 e. The maximum absolute atomic E-state index is 4.96. The summed E-state index contributed by atoms with van der Waals surface area (Å²) < 4.78 is 2.37. The van der Waals surface area contributed by atoms with Gasteiger partial charge in [0, 0.05) is 16.5 Å². The highest BCUT2D eigenvalue weighted by Crippen LogP contribution is 2.47. The van der Waals surface area contributed by atoms with Crippen LogP contribution in [0.25, 0.3) is 49.6 Å². The van der Waals surface area contributed by atoms with Crippen molar-refractivity contribution in [1.29, 1.82) is 0 Å². The maximum Gasteiger partial charge on any atom is 0.145 e. The van der Waals surface area contributed by atoms with Gasteiger partial charge in [0.05, 0.1) is 11.2 Å². The van der Waals surface area contributed by atoms with Crippen LogP contribution in [-0.4, -0.2) is 9.38 Å². The van der Waals surface area contributed by atoms with Gasteiger partial charge in [0.15, 0.2) is 0 Å². The van der Waals surface area contributed by atoms with Gasteiger partial charge in [-0.3, -0.25) is 4.40 Å². The summed E-state index contributed by atoms with van der Waals surface area (Å²) in [5, 5.41) is 3.83.